The van der Waals surface area contributed by atoms with E-state index < -0.39 is 0 Å². The first-order valence-electron chi connectivity index (χ1n) is 9.07. The van der Waals surface area contributed by atoms with Gasteiger partial charge in [0, 0.05) is 37.8 Å². The van der Waals surface area contributed by atoms with Crippen LogP contribution in [0, 0.1) is 0 Å². The Morgan fingerprint density at radius 2 is 1.77 bits per heavy atom. The lowest BCUT2D eigenvalue weighted by atomic mass is 9.96. The highest BCUT2D eigenvalue weighted by Crippen LogP contribution is 2.38. The van der Waals surface area contributed by atoms with Crippen molar-refractivity contribution < 1.29 is 9.47 Å². The number of hydrogen-bond acceptors (Lipinski definition) is 5. The molecule has 1 N–H and O–H groups in total. The normalized spacial score (nSPS) is 18.2. The van der Waals surface area contributed by atoms with Gasteiger partial charge in [-0.05, 0) is 35.4 Å². The topological polar surface area (TPSA) is 46.6 Å². The Kier molecular flexibility index (Phi) is 3.96. The van der Waals surface area contributed by atoms with Crippen LogP contribution in [-0.2, 0) is 0 Å². The Bertz CT molecular complexity index is 937. The fourth-order valence-electron chi connectivity index (χ4n) is 3.88. The third kappa shape index (κ3) is 2.79. The minimum Gasteiger partial charge on any atom is -0.454 e. The molecular formula is C21H21N3O2. The molecule has 1 fully saturated rings. The molecule has 1 aromatic heterocycles. The van der Waals surface area contributed by atoms with Crippen LogP contribution in [-0.4, -0.2) is 42.9 Å². The number of piperazine rings is 1. The first-order chi connectivity index (χ1) is 12.9. The highest BCUT2D eigenvalue weighted by Gasteiger charge is 2.26. The summed E-state index contributed by atoms with van der Waals surface area (Å²) in [5.74, 6) is 1.65. The van der Waals surface area contributed by atoms with Gasteiger partial charge in [0.05, 0.1) is 11.6 Å². The standard InChI is InChI=1S/C21H21N3O2/c1-2-4-18-15(3-1)11-17(13-23-18)21(24-9-7-22-8-10-24)16-5-6-19-20(12-16)26-14-25-19/h1-6,11-13,21-22H,7-10,14H2. The Balaban J connectivity index is 1.60. The van der Waals surface area contributed by atoms with Gasteiger partial charge in [0.25, 0.3) is 0 Å². The highest BCUT2D eigenvalue weighted by molar-refractivity contribution is 5.79. The molecule has 0 amide bonds. The van der Waals surface area contributed by atoms with Crippen LogP contribution in [0.2, 0.25) is 0 Å². The molecule has 0 radical (unpaired) electrons. The number of nitrogens with one attached hydrogen (secondary N) is 1. The molecule has 2 aliphatic heterocycles. The van der Waals surface area contributed by atoms with E-state index in [4.69, 9.17) is 14.5 Å². The van der Waals surface area contributed by atoms with E-state index in [2.05, 4.69) is 46.6 Å². The molecule has 0 spiro atoms. The maximum Gasteiger partial charge on any atom is 0.231 e. The fourth-order valence-corrected chi connectivity index (χ4v) is 3.88. The van der Waals surface area contributed by atoms with E-state index in [1.807, 2.05) is 18.3 Å². The smallest absolute Gasteiger partial charge is 0.231 e. The van der Waals surface area contributed by atoms with Crippen LogP contribution in [0.25, 0.3) is 10.9 Å². The Morgan fingerprint density at radius 1 is 0.923 bits per heavy atom. The zero-order valence-corrected chi connectivity index (χ0v) is 14.5. The number of nitrogens with zero attached hydrogens (tertiary/aromatic N) is 2. The lowest BCUT2D eigenvalue weighted by molar-refractivity contribution is 0.173. The van der Waals surface area contributed by atoms with Crippen molar-refractivity contribution in [3.63, 3.8) is 0 Å². The SMILES string of the molecule is c1ccc2ncc(C(c3ccc4c(c3)OCO4)N3CCNCC3)cc2c1. The molecule has 132 valence electrons. The molecule has 2 aliphatic rings. The third-order valence-electron chi connectivity index (χ3n) is 5.16. The maximum absolute atomic E-state index is 5.61. The van der Waals surface area contributed by atoms with Gasteiger partial charge in [-0.3, -0.25) is 9.88 Å². The molecule has 26 heavy (non-hydrogen) atoms. The molecule has 1 saturated heterocycles. The van der Waals surface area contributed by atoms with E-state index in [0.29, 0.717) is 6.79 Å². The van der Waals surface area contributed by atoms with Crippen molar-refractivity contribution >= 4 is 10.9 Å². The second-order valence-electron chi connectivity index (χ2n) is 6.76. The van der Waals surface area contributed by atoms with Gasteiger partial charge >= 0.3 is 0 Å². The van der Waals surface area contributed by atoms with Gasteiger partial charge in [0.1, 0.15) is 0 Å². The molecule has 3 aromatic rings. The van der Waals surface area contributed by atoms with Crippen molar-refractivity contribution in [3.8, 4) is 11.5 Å². The zero-order chi connectivity index (χ0) is 17.3. The highest BCUT2D eigenvalue weighted by atomic mass is 16.7. The van der Waals surface area contributed by atoms with Crippen LogP contribution >= 0.6 is 0 Å². The van der Waals surface area contributed by atoms with Crippen molar-refractivity contribution in [3.05, 3.63) is 65.9 Å². The first-order valence-corrected chi connectivity index (χ1v) is 9.07. The van der Waals surface area contributed by atoms with Crippen LogP contribution in [0.15, 0.2) is 54.7 Å². The zero-order valence-electron chi connectivity index (χ0n) is 14.5. The largest absolute Gasteiger partial charge is 0.454 e. The van der Waals surface area contributed by atoms with E-state index >= 15 is 0 Å². The van der Waals surface area contributed by atoms with Crippen LogP contribution in [0.5, 0.6) is 11.5 Å². The number of rotatable bonds is 3. The summed E-state index contributed by atoms with van der Waals surface area (Å²) in [6.07, 6.45) is 2.01. The van der Waals surface area contributed by atoms with Crippen molar-refractivity contribution in [2.45, 2.75) is 6.04 Å². The second kappa shape index (κ2) is 6.59. The van der Waals surface area contributed by atoms with Crippen LogP contribution in [0.4, 0.5) is 0 Å². The number of pyridine rings is 1. The summed E-state index contributed by atoms with van der Waals surface area (Å²) in [6, 6.07) is 17.0. The number of benzene rings is 2. The molecule has 5 rings (SSSR count). The van der Waals surface area contributed by atoms with Crippen LogP contribution in [0.1, 0.15) is 17.2 Å². The van der Waals surface area contributed by atoms with E-state index in [1.165, 1.54) is 16.5 Å². The monoisotopic (exact) mass is 347 g/mol. The lowest BCUT2D eigenvalue weighted by Gasteiger charge is -2.35. The lowest BCUT2D eigenvalue weighted by Crippen LogP contribution is -2.45. The predicted molar refractivity (Wildman–Crippen MR) is 101 cm³/mol. The molecule has 1 atom stereocenters. The van der Waals surface area contributed by atoms with Gasteiger partial charge < -0.3 is 14.8 Å². The van der Waals surface area contributed by atoms with Gasteiger partial charge in [-0.25, -0.2) is 0 Å². The molecule has 0 aliphatic carbocycles. The number of ether oxygens (including phenoxy) is 2. The van der Waals surface area contributed by atoms with Gasteiger partial charge in [0.2, 0.25) is 6.79 Å². The minimum absolute atomic E-state index is 0.156. The van der Waals surface area contributed by atoms with Gasteiger partial charge in [-0.1, -0.05) is 24.3 Å². The Morgan fingerprint density at radius 3 is 2.69 bits per heavy atom. The van der Waals surface area contributed by atoms with E-state index in [9.17, 15) is 0 Å². The van der Waals surface area contributed by atoms with Crippen LogP contribution < -0.4 is 14.8 Å². The number of para-hydroxylation sites is 1. The van der Waals surface area contributed by atoms with E-state index in [0.717, 1.165) is 43.2 Å². The quantitative estimate of drug-likeness (QED) is 0.789. The maximum atomic E-state index is 5.61. The molecule has 3 heterocycles. The predicted octanol–water partition coefficient (Wildman–Crippen LogP) is 2.96. The molecule has 1 unspecified atom stereocenters. The second-order valence-corrected chi connectivity index (χ2v) is 6.76. The summed E-state index contributed by atoms with van der Waals surface area (Å²) < 4.78 is 11.1. The van der Waals surface area contributed by atoms with E-state index in [1.54, 1.807) is 0 Å². The molecule has 2 aromatic carbocycles. The number of aromatic nitrogens is 1. The van der Waals surface area contributed by atoms with Crippen molar-refractivity contribution in [2.24, 2.45) is 0 Å². The Labute approximate surface area is 152 Å². The minimum atomic E-state index is 0.156. The van der Waals surface area contributed by atoms with Gasteiger partial charge in [-0.2, -0.15) is 0 Å². The first kappa shape index (κ1) is 15.6. The average molecular weight is 347 g/mol. The molecule has 5 heteroatoms. The molecular weight excluding hydrogens is 326 g/mol. The molecule has 5 nitrogen and oxygen atoms in total. The summed E-state index contributed by atoms with van der Waals surface area (Å²) in [4.78, 5) is 7.21. The molecule has 0 saturated carbocycles. The average Bonchev–Trinajstić information content (AvgIpc) is 3.17. The van der Waals surface area contributed by atoms with Gasteiger partial charge in [0.15, 0.2) is 11.5 Å². The summed E-state index contributed by atoms with van der Waals surface area (Å²) in [7, 11) is 0. The summed E-state index contributed by atoms with van der Waals surface area (Å²) >= 11 is 0. The fraction of sp³-hybridized carbons (Fsp3) is 0.286. The number of hydrogen-bond donors (Lipinski definition) is 1. The summed E-state index contributed by atoms with van der Waals surface area (Å²) in [6.45, 7) is 4.32. The summed E-state index contributed by atoms with van der Waals surface area (Å²) in [5.41, 5.74) is 3.46. The van der Waals surface area contributed by atoms with Crippen molar-refractivity contribution in [2.75, 3.05) is 33.0 Å². The Hall–Kier alpha value is -2.63. The van der Waals surface area contributed by atoms with Gasteiger partial charge in [-0.15, -0.1) is 0 Å². The van der Waals surface area contributed by atoms with Crippen molar-refractivity contribution in [1.29, 1.82) is 0 Å². The summed E-state index contributed by atoms with van der Waals surface area (Å²) in [5, 5.41) is 4.61. The van der Waals surface area contributed by atoms with E-state index in [-0.39, 0.29) is 6.04 Å². The van der Waals surface area contributed by atoms with Crippen LogP contribution in [0.3, 0.4) is 0 Å². The van der Waals surface area contributed by atoms with Crippen molar-refractivity contribution in [1.82, 2.24) is 15.2 Å². The number of fused-ring (bicyclic) bond motifs is 2. The third-order valence-corrected chi connectivity index (χ3v) is 5.16. The molecule has 0 bridgehead atoms.